The Bertz CT molecular complexity index is 1580. The van der Waals surface area contributed by atoms with Gasteiger partial charge in [0.2, 0.25) is 11.8 Å². The van der Waals surface area contributed by atoms with Gasteiger partial charge in [0.1, 0.15) is 5.75 Å². The first-order valence-corrected chi connectivity index (χ1v) is 13.5. The molecule has 1 saturated heterocycles. The van der Waals surface area contributed by atoms with Crippen molar-refractivity contribution in [3.05, 3.63) is 106 Å². The number of amides is 2. The lowest BCUT2D eigenvalue weighted by molar-refractivity contribution is -0.122. The highest BCUT2D eigenvalue weighted by Gasteiger charge is 2.50. The molecule has 1 aliphatic heterocycles. The van der Waals surface area contributed by atoms with Crippen LogP contribution < -0.4 is 9.64 Å². The molecule has 3 unspecified atom stereocenters. The molecule has 3 aromatic carbocycles. The maximum absolute atomic E-state index is 13.0. The van der Waals surface area contributed by atoms with Gasteiger partial charge < -0.3 is 9.47 Å². The Hall–Kier alpha value is -4.27. The van der Waals surface area contributed by atoms with Gasteiger partial charge in [-0.15, -0.1) is 0 Å². The van der Waals surface area contributed by atoms with E-state index in [1.54, 1.807) is 0 Å². The topological polar surface area (TPSA) is 107 Å². The summed E-state index contributed by atoms with van der Waals surface area (Å²) in [6, 6.07) is 16.1. The number of benzene rings is 3. The maximum atomic E-state index is 13.0. The summed E-state index contributed by atoms with van der Waals surface area (Å²) in [7, 11) is 0. The van der Waals surface area contributed by atoms with Crippen molar-refractivity contribution in [2.45, 2.75) is 13.3 Å². The van der Waals surface area contributed by atoms with Crippen LogP contribution in [-0.4, -0.2) is 36.1 Å². The van der Waals surface area contributed by atoms with Crippen LogP contribution in [-0.2, 0) is 14.3 Å². The molecule has 1 heterocycles. The Labute approximate surface area is 245 Å². The van der Waals surface area contributed by atoms with Crippen LogP contribution in [0.1, 0.15) is 44.4 Å². The first-order chi connectivity index (χ1) is 19.6. The average molecular weight is 592 g/mol. The van der Waals surface area contributed by atoms with Gasteiger partial charge in [0.25, 0.3) is 0 Å². The fourth-order valence-electron chi connectivity index (χ4n) is 4.94. The highest BCUT2D eigenvalue weighted by atomic mass is 35.5. The lowest BCUT2D eigenvalue weighted by atomic mass is 9.78. The van der Waals surface area contributed by atoms with Gasteiger partial charge >= 0.3 is 11.9 Å². The zero-order valence-corrected chi connectivity index (χ0v) is 23.2. The second-order valence-electron chi connectivity index (χ2n) is 9.76. The van der Waals surface area contributed by atoms with Crippen LogP contribution in [0.5, 0.6) is 5.75 Å². The number of esters is 2. The second kappa shape index (κ2) is 11.7. The molecule has 1 fully saturated rings. The number of Topliss-reactive ketones (excluding diaryl/α,β-unsaturated/α-hetero) is 1. The van der Waals surface area contributed by atoms with Crippen molar-refractivity contribution in [3.8, 4) is 5.75 Å². The van der Waals surface area contributed by atoms with E-state index in [9.17, 15) is 24.0 Å². The van der Waals surface area contributed by atoms with Gasteiger partial charge in [0.15, 0.2) is 12.4 Å². The predicted octanol–water partition coefficient (Wildman–Crippen LogP) is 5.95. The van der Waals surface area contributed by atoms with E-state index in [0.717, 1.165) is 0 Å². The van der Waals surface area contributed by atoms with Gasteiger partial charge in [0.05, 0.1) is 38.7 Å². The van der Waals surface area contributed by atoms with Crippen molar-refractivity contribution < 1.29 is 33.4 Å². The van der Waals surface area contributed by atoms with Crippen molar-refractivity contribution in [1.29, 1.82) is 0 Å². The minimum Gasteiger partial charge on any atom is -0.454 e. The minimum absolute atomic E-state index is 0.0258. The number of anilines is 1. The number of fused-ring (bicyclic) bond motifs is 1. The molecule has 41 heavy (non-hydrogen) atoms. The Morgan fingerprint density at radius 3 is 2.15 bits per heavy atom. The van der Waals surface area contributed by atoms with Crippen LogP contribution in [0, 0.1) is 17.8 Å². The normalized spacial score (nSPS) is 19.6. The monoisotopic (exact) mass is 591 g/mol. The molecule has 0 spiro atoms. The lowest BCUT2D eigenvalue weighted by Gasteiger charge is -2.22. The van der Waals surface area contributed by atoms with Crippen molar-refractivity contribution in [1.82, 2.24) is 0 Å². The number of rotatable bonds is 7. The third-order valence-electron chi connectivity index (χ3n) is 7.11. The number of carbonyl (C=O) groups is 5. The lowest BCUT2D eigenvalue weighted by Crippen LogP contribution is -2.31. The van der Waals surface area contributed by atoms with Gasteiger partial charge in [-0.2, -0.15) is 0 Å². The van der Waals surface area contributed by atoms with Gasteiger partial charge in [0, 0.05) is 5.56 Å². The number of halogens is 2. The van der Waals surface area contributed by atoms with E-state index in [4.69, 9.17) is 32.7 Å². The second-order valence-corrected chi connectivity index (χ2v) is 10.6. The molecule has 1 aliphatic carbocycles. The quantitative estimate of drug-likeness (QED) is 0.110. The molecule has 10 heteroatoms. The third-order valence-corrected chi connectivity index (χ3v) is 7.85. The zero-order chi connectivity index (χ0) is 29.3. The predicted molar refractivity (Wildman–Crippen MR) is 151 cm³/mol. The summed E-state index contributed by atoms with van der Waals surface area (Å²) >= 11 is 11.8. The van der Waals surface area contributed by atoms with Crippen molar-refractivity contribution in [2.24, 2.45) is 17.8 Å². The third kappa shape index (κ3) is 5.80. The highest BCUT2D eigenvalue weighted by Crippen LogP contribution is 2.40. The van der Waals surface area contributed by atoms with E-state index in [0.29, 0.717) is 17.1 Å². The van der Waals surface area contributed by atoms with Crippen LogP contribution in [0.15, 0.2) is 78.9 Å². The number of hydrogen-bond donors (Lipinski definition) is 0. The van der Waals surface area contributed by atoms with E-state index in [-0.39, 0.29) is 57.0 Å². The fourth-order valence-corrected chi connectivity index (χ4v) is 5.24. The van der Waals surface area contributed by atoms with Crippen LogP contribution in [0.3, 0.4) is 0 Å². The standard InChI is InChI=1S/C31H23Cl2NO7/c1-17-3-2-4-23-27(17)29(37)34(28(23)36)21-10-5-19(6-11-21)30(38)40-16-26(35)18-7-12-22(13-8-18)41-31(39)20-9-14-24(32)25(33)15-20/h2-3,5-15,17,23,27H,4,16H2,1H3. The Balaban J connectivity index is 1.15. The van der Waals surface area contributed by atoms with Crippen LogP contribution in [0.4, 0.5) is 5.69 Å². The maximum Gasteiger partial charge on any atom is 0.343 e. The molecular formula is C31H23Cl2NO7. The van der Waals surface area contributed by atoms with Crippen molar-refractivity contribution >= 4 is 58.4 Å². The number of hydrogen-bond acceptors (Lipinski definition) is 7. The molecule has 3 aromatic rings. The first kappa shape index (κ1) is 28.3. The number of carbonyl (C=O) groups excluding carboxylic acids is 5. The average Bonchev–Trinajstić information content (AvgIpc) is 3.23. The summed E-state index contributed by atoms with van der Waals surface area (Å²) in [5, 5.41) is 0.526. The van der Waals surface area contributed by atoms with E-state index >= 15 is 0 Å². The first-order valence-electron chi connectivity index (χ1n) is 12.8. The molecule has 8 nitrogen and oxygen atoms in total. The van der Waals surface area contributed by atoms with Gasteiger partial charge in [-0.3, -0.25) is 19.3 Å². The molecule has 0 radical (unpaired) electrons. The van der Waals surface area contributed by atoms with E-state index in [2.05, 4.69) is 0 Å². The molecule has 0 saturated carbocycles. The fraction of sp³-hybridized carbons (Fsp3) is 0.194. The van der Waals surface area contributed by atoms with Crippen molar-refractivity contribution in [2.75, 3.05) is 11.5 Å². The summed E-state index contributed by atoms with van der Waals surface area (Å²) in [6.45, 7) is 1.41. The zero-order valence-electron chi connectivity index (χ0n) is 21.7. The van der Waals surface area contributed by atoms with Crippen molar-refractivity contribution in [3.63, 3.8) is 0 Å². The highest BCUT2D eigenvalue weighted by molar-refractivity contribution is 6.42. The summed E-state index contributed by atoms with van der Waals surface area (Å²) in [6.07, 6.45) is 4.42. The molecule has 2 aliphatic rings. The molecule has 0 N–H and O–H groups in total. The Kier molecular flexibility index (Phi) is 8.06. The van der Waals surface area contributed by atoms with Crippen LogP contribution in [0.2, 0.25) is 10.0 Å². The Morgan fingerprint density at radius 1 is 0.829 bits per heavy atom. The van der Waals surface area contributed by atoms with E-state index < -0.39 is 24.3 Å². The SMILES string of the molecule is CC1C=CCC2C(=O)N(c3ccc(C(=O)OCC(=O)c4ccc(OC(=O)c5ccc(Cl)c(Cl)c5)cc4)cc3)C(=O)C12. The van der Waals surface area contributed by atoms with Gasteiger partial charge in [-0.05, 0) is 79.1 Å². The molecule has 5 rings (SSSR count). The summed E-state index contributed by atoms with van der Waals surface area (Å²) < 4.78 is 10.5. The molecule has 208 valence electrons. The van der Waals surface area contributed by atoms with Crippen LogP contribution >= 0.6 is 23.2 Å². The largest absolute Gasteiger partial charge is 0.454 e. The van der Waals surface area contributed by atoms with Gasteiger partial charge in [-0.25, -0.2) is 9.59 Å². The molecule has 0 bridgehead atoms. The number of nitrogens with zero attached hydrogens (tertiary/aromatic N) is 1. The number of imide groups is 1. The molecule has 0 aromatic heterocycles. The summed E-state index contributed by atoms with van der Waals surface area (Å²) in [5.74, 6) is -2.91. The van der Waals surface area contributed by atoms with Gasteiger partial charge in [-0.1, -0.05) is 42.3 Å². The Morgan fingerprint density at radius 2 is 1.49 bits per heavy atom. The number of ketones is 1. The number of ether oxygens (including phenoxy) is 2. The molecule has 3 atom stereocenters. The van der Waals surface area contributed by atoms with E-state index in [1.165, 1.54) is 71.6 Å². The number of allylic oxidation sites excluding steroid dienone is 2. The van der Waals surface area contributed by atoms with Crippen LogP contribution in [0.25, 0.3) is 0 Å². The minimum atomic E-state index is -0.734. The molecule has 2 amide bonds. The summed E-state index contributed by atoms with van der Waals surface area (Å²) in [5.41, 5.74) is 1.01. The van der Waals surface area contributed by atoms with E-state index in [1.807, 2.05) is 19.1 Å². The molecular weight excluding hydrogens is 569 g/mol. The summed E-state index contributed by atoms with van der Waals surface area (Å²) in [4.78, 5) is 64.5. The smallest absolute Gasteiger partial charge is 0.343 e.